The van der Waals surface area contributed by atoms with Crippen LogP contribution in [0.15, 0.2) is 23.1 Å². The average molecular weight is 302 g/mol. The molecule has 0 bridgehead atoms. The average Bonchev–Trinajstić information content (AvgIpc) is 2.89. The first-order valence-corrected chi connectivity index (χ1v) is 8.28. The predicted octanol–water partition coefficient (Wildman–Crippen LogP) is 2.91. The molecule has 0 heterocycles. The monoisotopic (exact) mass is 301 g/mol. The van der Waals surface area contributed by atoms with Gasteiger partial charge in [-0.1, -0.05) is 13.8 Å². The summed E-state index contributed by atoms with van der Waals surface area (Å²) in [5.41, 5.74) is 1.36. The Bertz CT molecular complexity index is 637. The highest BCUT2D eigenvalue weighted by molar-refractivity contribution is 8.13. The fourth-order valence-electron chi connectivity index (χ4n) is 2.06. The highest BCUT2D eigenvalue weighted by atomic mass is 35.7. The lowest BCUT2D eigenvalue weighted by molar-refractivity contribution is -0.118. The van der Waals surface area contributed by atoms with Crippen molar-refractivity contribution in [3.8, 4) is 0 Å². The van der Waals surface area contributed by atoms with Gasteiger partial charge in [0.15, 0.2) is 0 Å². The van der Waals surface area contributed by atoms with E-state index in [9.17, 15) is 13.2 Å². The molecule has 1 atom stereocenters. The summed E-state index contributed by atoms with van der Waals surface area (Å²) < 4.78 is 22.4. The van der Waals surface area contributed by atoms with E-state index in [1.807, 2.05) is 13.8 Å². The molecule has 1 saturated carbocycles. The van der Waals surface area contributed by atoms with Gasteiger partial charge in [-0.3, -0.25) is 4.79 Å². The van der Waals surface area contributed by atoms with Gasteiger partial charge in [0.1, 0.15) is 0 Å². The van der Waals surface area contributed by atoms with Crippen LogP contribution in [0.25, 0.3) is 0 Å². The molecule has 0 saturated heterocycles. The number of amides is 1. The number of hydrogen-bond acceptors (Lipinski definition) is 3. The van der Waals surface area contributed by atoms with Crippen LogP contribution in [0.4, 0.5) is 5.69 Å². The quantitative estimate of drug-likeness (QED) is 0.873. The second kappa shape index (κ2) is 4.49. The van der Waals surface area contributed by atoms with Gasteiger partial charge in [0.05, 0.1) is 4.90 Å². The number of anilines is 1. The normalized spacial score (nSPS) is 20.9. The van der Waals surface area contributed by atoms with Crippen molar-refractivity contribution in [3.63, 3.8) is 0 Å². The summed E-state index contributed by atoms with van der Waals surface area (Å²) in [5, 5.41) is 2.83. The van der Waals surface area contributed by atoms with Gasteiger partial charge < -0.3 is 5.32 Å². The summed E-state index contributed by atoms with van der Waals surface area (Å²) in [6.45, 7) is 5.83. The molecule has 4 nitrogen and oxygen atoms in total. The minimum absolute atomic E-state index is 0.0189. The number of hydrogen-bond donors (Lipinski definition) is 1. The minimum atomic E-state index is -3.73. The molecule has 6 heteroatoms. The maximum atomic E-state index is 12.0. The zero-order chi connectivity index (χ0) is 14.4. The molecule has 1 unspecified atom stereocenters. The van der Waals surface area contributed by atoms with E-state index in [-0.39, 0.29) is 22.1 Å². The van der Waals surface area contributed by atoms with E-state index >= 15 is 0 Å². The SMILES string of the molecule is Cc1cc(S(=O)(=O)Cl)ccc1NC(=O)C1CC1(C)C. The molecular formula is C13H16ClNO3S. The Morgan fingerprint density at radius 2 is 2.00 bits per heavy atom. The maximum absolute atomic E-state index is 12.0. The molecule has 2 rings (SSSR count). The van der Waals surface area contributed by atoms with Crippen LogP contribution in [0, 0.1) is 18.3 Å². The molecule has 1 aromatic rings. The van der Waals surface area contributed by atoms with Gasteiger partial charge in [0.25, 0.3) is 9.05 Å². The molecule has 1 amide bonds. The van der Waals surface area contributed by atoms with E-state index in [1.54, 1.807) is 13.0 Å². The topological polar surface area (TPSA) is 63.2 Å². The Labute approximate surface area is 117 Å². The lowest BCUT2D eigenvalue weighted by atomic mass is 10.1. The summed E-state index contributed by atoms with van der Waals surface area (Å²) in [6.07, 6.45) is 0.881. The number of aryl methyl sites for hydroxylation is 1. The van der Waals surface area contributed by atoms with Gasteiger partial charge in [-0.15, -0.1) is 0 Å². The highest BCUT2D eigenvalue weighted by Gasteiger charge is 2.50. The fraction of sp³-hybridized carbons (Fsp3) is 0.462. The molecule has 104 valence electrons. The predicted molar refractivity (Wildman–Crippen MR) is 74.7 cm³/mol. The Morgan fingerprint density at radius 1 is 1.42 bits per heavy atom. The van der Waals surface area contributed by atoms with Crippen LogP contribution in [-0.4, -0.2) is 14.3 Å². The van der Waals surface area contributed by atoms with Crippen molar-refractivity contribution in [1.82, 2.24) is 0 Å². The van der Waals surface area contributed by atoms with Crippen LogP contribution in [0.2, 0.25) is 0 Å². The number of nitrogens with one attached hydrogen (secondary N) is 1. The van der Waals surface area contributed by atoms with Crippen molar-refractivity contribution >= 4 is 31.3 Å². The zero-order valence-electron chi connectivity index (χ0n) is 11.0. The number of carbonyl (C=O) groups is 1. The standard InChI is InChI=1S/C13H16ClNO3S/c1-8-6-9(19(14,17)18)4-5-11(8)15-12(16)10-7-13(10,2)3/h4-6,10H,7H2,1-3H3,(H,15,16). The van der Waals surface area contributed by atoms with Crippen molar-refractivity contribution in [1.29, 1.82) is 0 Å². The lowest BCUT2D eigenvalue weighted by Gasteiger charge is -2.10. The zero-order valence-corrected chi connectivity index (χ0v) is 12.6. The number of carbonyl (C=O) groups excluding carboxylic acids is 1. The minimum Gasteiger partial charge on any atom is -0.326 e. The van der Waals surface area contributed by atoms with Crippen LogP contribution in [0.1, 0.15) is 25.8 Å². The van der Waals surface area contributed by atoms with Crippen molar-refractivity contribution < 1.29 is 13.2 Å². The summed E-state index contributed by atoms with van der Waals surface area (Å²) in [6, 6.07) is 4.41. The summed E-state index contributed by atoms with van der Waals surface area (Å²) in [7, 11) is 1.54. The summed E-state index contributed by atoms with van der Waals surface area (Å²) in [4.78, 5) is 12.0. The molecule has 0 spiro atoms. The molecule has 0 radical (unpaired) electrons. The van der Waals surface area contributed by atoms with E-state index in [0.717, 1.165) is 6.42 Å². The van der Waals surface area contributed by atoms with Gasteiger partial charge in [0.2, 0.25) is 5.91 Å². The van der Waals surface area contributed by atoms with E-state index < -0.39 is 9.05 Å². The second-order valence-electron chi connectivity index (χ2n) is 5.65. The number of benzene rings is 1. The Balaban J connectivity index is 2.17. The molecule has 0 aromatic heterocycles. The van der Waals surface area contributed by atoms with Crippen LogP contribution < -0.4 is 5.32 Å². The number of halogens is 1. The lowest BCUT2D eigenvalue weighted by Crippen LogP contribution is -2.17. The van der Waals surface area contributed by atoms with Crippen molar-refractivity contribution in [2.45, 2.75) is 32.1 Å². The van der Waals surface area contributed by atoms with Gasteiger partial charge in [-0.2, -0.15) is 0 Å². The van der Waals surface area contributed by atoms with Gasteiger partial charge in [-0.05, 0) is 42.5 Å². The van der Waals surface area contributed by atoms with Crippen molar-refractivity contribution in [3.05, 3.63) is 23.8 Å². The molecular weight excluding hydrogens is 286 g/mol. The molecule has 1 fully saturated rings. The molecule has 1 aliphatic carbocycles. The molecule has 19 heavy (non-hydrogen) atoms. The summed E-state index contributed by atoms with van der Waals surface area (Å²) >= 11 is 0. The Morgan fingerprint density at radius 3 is 2.42 bits per heavy atom. The van der Waals surface area contributed by atoms with Crippen molar-refractivity contribution in [2.75, 3.05) is 5.32 Å². The van der Waals surface area contributed by atoms with Crippen LogP contribution in [-0.2, 0) is 13.8 Å². The van der Waals surface area contributed by atoms with E-state index in [1.165, 1.54) is 12.1 Å². The molecule has 1 aliphatic rings. The van der Waals surface area contributed by atoms with E-state index in [2.05, 4.69) is 5.32 Å². The Kier molecular flexibility index (Phi) is 3.39. The van der Waals surface area contributed by atoms with E-state index in [0.29, 0.717) is 11.3 Å². The number of rotatable bonds is 3. The molecule has 0 aliphatic heterocycles. The highest BCUT2D eigenvalue weighted by Crippen LogP contribution is 2.52. The van der Waals surface area contributed by atoms with Crippen molar-refractivity contribution in [2.24, 2.45) is 11.3 Å². The fourth-order valence-corrected chi connectivity index (χ4v) is 2.90. The third kappa shape index (κ3) is 3.09. The largest absolute Gasteiger partial charge is 0.326 e. The van der Waals surface area contributed by atoms with Crippen LogP contribution in [0.3, 0.4) is 0 Å². The third-order valence-corrected chi connectivity index (χ3v) is 4.92. The summed E-state index contributed by atoms with van der Waals surface area (Å²) in [5.74, 6) is 0.0120. The molecule has 1 aromatic carbocycles. The Hall–Kier alpha value is -1.07. The van der Waals surface area contributed by atoms with Crippen LogP contribution >= 0.6 is 10.7 Å². The van der Waals surface area contributed by atoms with Gasteiger partial charge in [0, 0.05) is 22.3 Å². The third-order valence-electron chi connectivity index (χ3n) is 3.57. The first-order valence-electron chi connectivity index (χ1n) is 5.97. The smallest absolute Gasteiger partial charge is 0.261 e. The van der Waals surface area contributed by atoms with Gasteiger partial charge >= 0.3 is 0 Å². The van der Waals surface area contributed by atoms with Crippen LogP contribution in [0.5, 0.6) is 0 Å². The maximum Gasteiger partial charge on any atom is 0.261 e. The first kappa shape index (κ1) is 14.3. The van der Waals surface area contributed by atoms with E-state index in [4.69, 9.17) is 10.7 Å². The molecule has 1 N–H and O–H groups in total. The van der Waals surface area contributed by atoms with Gasteiger partial charge in [-0.25, -0.2) is 8.42 Å². The second-order valence-corrected chi connectivity index (χ2v) is 8.22. The first-order chi connectivity index (χ1) is 8.61.